The SMILES string of the molecule is CCCCC(=O)Oc1c(F)cccc1C=O. The number of esters is 1. The van der Waals surface area contributed by atoms with Gasteiger partial charge in [-0.05, 0) is 18.6 Å². The second-order valence-electron chi connectivity index (χ2n) is 3.35. The molecule has 0 spiro atoms. The first-order valence-corrected chi connectivity index (χ1v) is 5.13. The Morgan fingerprint density at radius 2 is 2.25 bits per heavy atom. The molecule has 0 bridgehead atoms. The molecular weight excluding hydrogens is 211 g/mol. The van der Waals surface area contributed by atoms with E-state index in [4.69, 9.17) is 4.74 Å². The van der Waals surface area contributed by atoms with Crippen molar-refractivity contribution in [2.75, 3.05) is 0 Å². The zero-order chi connectivity index (χ0) is 12.0. The Morgan fingerprint density at radius 1 is 1.50 bits per heavy atom. The molecule has 16 heavy (non-hydrogen) atoms. The van der Waals surface area contributed by atoms with Crippen molar-refractivity contribution in [3.63, 3.8) is 0 Å². The molecule has 0 atom stereocenters. The molecule has 3 nitrogen and oxygen atoms in total. The summed E-state index contributed by atoms with van der Waals surface area (Å²) in [7, 11) is 0. The van der Waals surface area contributed by atoms with Crippen molar-refractivity contribution in [2.45, 2.75) is 26.2 Å². The summed E-state index contributed by atoms with van der Waals surface area (Å²) >= 11 is 0. The zero-order valence-corrected chi connectivity index (χ0v) is 9.03. The molecule has 1 aromatic rings. The minimum atomic E-state index is -0.700. The van der Waals surface area contributed by atoms with Crippen LogP contribution >= 0.6 is 0 Å². The lowest BCUT2D eigenvalue weighted by Crippen LogP contribution is -2.10. The highest BCUT2D eigenvalue weighted by molar-refractivity contribution is 5.82. The molecule has 0 aromatic heterocycles. The second-order valence-corrected chi connectivity index (χ2v) is 3.35. The maximum atomic E-state index is 13.3. The number of unbranched alkanes of at least 4 members (excludes halogenated alkanes) is 1. The third-order valence-corrected chi connectivity index (χ3v) is 2.07. The fourth-order valence-electron chi connectivity index (χ4n) is 1.21. The van der Waals surface area contributed by atoms with Gasteiger partial charge in [0.1, 0.15) is 0 Å². The minimum absolute atomic E-state index is 0.0462. The van der Waals surface area contributed by atoms with E-state index in [0.29, 0.717) is 12.7 Å². The van der Waals surface area contributed by atoms with Gasteiger partial charge in [0.15, 0.2) is 17.9 Å². The van der Waals surface area contributed by atoms with Crippen molar-refractivity contribution in [3.05, 3.63) is 29.6 Å². The van der Waals surface area contributed by atoms with Crippen molar-refractivity contribution in [2.24, 2.45) is 0 Å². The minimum Gasteiger partial charge on any atom is -0.423 e. The van der Waals surface area contributed by atoms with Gasteiger partial charge in [0.25, 0.3) is 0 Å². The van der Waals surface area contributed by atoms with Gasteiger partial charge in [0.05, 0.1) is 5.56 Å². The van der Waals surface area contributed by atoms with Crippen LogP contribution in [0.3, 0.4) is 0 Å². The van der Waals surface area contributed by atoms with Gasteiger partial charge in [-0.1, -0.05) is 19.4 Å². The summed E-state index contributed by atoms with van der Waals surface area (Å²) < 4.78 is 18.1. The van der Waals surface area contributed by atoms with Crippen molar-refractivity contribution < 1.29 is 18.7 Å². The fourth-order valence-corrected chi connectivity index (χ4v) is 1.21. The average molecular weight is 224 g/mol. The summed E-state index contributed by atoms with van der Waals surface area (Å²) in [5.74, 6) is -1.50. The van der Waals surface area contributed by atoms with Gasteiger partial charge in [-0.15, -0.1) is 0 Å². The number of rotatable bonds is 5. The Bertz CT molecular complexity index is 388. The summed E-state index contributed by atoms with van der Waals surface area (Å²) in [5, 5.41) is 0. The smallest absolute Gasteiger partial charge is 0.311 e. The summed E-state index contributed by atoms with van der Waals surface area (Å²) in [4.78, 5) is 21.9. The largest absolute Gasteiger partial charge is 0.423 e. The molecule has 1 aromatic carbocycles. The number of ether oxygens (including phenoxy) is 1. The number of hydrogen-bond acceptors (Lipinski definition) is 3. The Hall–Kier alpha value is -1.71. The topological polar surface area (TPSA) is 43.4 Å². The van der Waals surface area contributed by atoms with Crippen LogP contribution in [0.4, 0.5) is 4.39 Å². The first-order valence-electron chi connectivity index (χ1n) is 5.13. The highest BCUT2D eigenvalue weighted by Gasteiger charge is 2.13. The van der Waals surface area contributed by atoms with E-state index in [0.717, 1.165) is 12.5 Å². The number of carbonyl (C=O) groups is 2. The van der Waals surface area contributed by atoms with E-state index in [1.807, 2.05) is 6.92 Å². The third-order valence-electron chi connectivity index (χ3n) is 2.07. The van der Waals surface area contributed by atoms with Gasteiger partial charge in [0, 0.05) is 6.42 Å². The summed E-state index contributed by atoms with van der Waals surface area (Å²) in [6.45, 7) is 1.94. The van der Waals surface area contributed by atoms with Crippen molar-refractivity contribution in [3.8, 4) is 5.75 Å². The molecule has 86 valence electrons. The summed E-state index contributed by atoms with van der Waals surface area (Å²) in [6, 6.07) is 3.94. The monoisotopic (exact) mass is 224 g/mol. The van der Waals surface area contributed by atoms with Crippen LogP contribution in [-0.2, 0) is 4.79 Å². The molecule has 1 rings (SSSR count). The summed E-state index contributed by atoms with van der Waals surface area (Å²) in [5.41, 5.74) is 0.0462. The predicted octanol–water partition coefficient (Wildman–Crippen LogP) is 2.73. The third kappa shape index (κ3) is 3.15. The van der Waals surface area contributed by atoms with Gasteiger partial charge in [-0.25, -0.2) is 4.39 Å². The zero-order valence-electron chi connectivity index (χ0n) is 9.03. The van der Waals surface area contributed by atoms with Crippen LogP contribution < -0.4 is 4.74 Å². The lowest BCUT2D eigenvalue weighted by molar-refractivity contribution is -0.134. The Balaban J connectivity index is 2.79. The van der Waals surface area contributed by atoms with Gasteiger partial charge in [-0.3, -0.25) is 9.59 Å². The highest BCUT2D eigenvalue weighted by atomic mass is 19.1. The van der Waals surface area contributed by atoms with E-state index in [1.54, 1.807) is 0 Å². The molecule has 0 aliphatic rings. The van der Waals surface area contributed by atoms with E-state index < -0.39 is 11.8 Å². The number of benzene rings is 1. The van der Waals surface area contributed by atoms with Crippen molar-refractivity contribution in [1.82, 2.24) is 0 Å². The first-order chi connectivity index (χ1) is 7.69. The summed E-state index contributed by atoms with van der Waals surface area (Å²) in [6.07, 6.45) is 2.23. The first kappa shape index (κ1) is 12.4. The number of halogens is 1. The van der Waals surface area contributed by atoms with Crippen LogP contribution in [0.15, 0.2) is 18.2 Å². The van der Waals surface area contributed by atoms with E-state index in [1.165, 1.54) is 12.1 Å². The van der Waals surface area contributed by atoms with E-state index in [-0.39, 0.29) is 17.7 Å². The molecule has 0 N–H and O–H groups in total. The van der Waals surface area contributed by atoms with Crippen LogP contribution in [0.5, 0.6) is 5.75 Å². The molecule has 0 saturated carbocycles. The maximum Gasteiger partial charge on any atom is 0.311 e. The number of hydrogen-bond donors (Lipinski definition) is 0. The number of para-hydroxylation sites is 1. The average Bonchev–Trinajstić information content (AvgIpc) is 2.29. The van der Waals surface area contributed by atoms with Crippen LogP contribution in [0.1, 0.15) is 36.5 Å². The molecule has 0 saturated heterocycles. The van der Waals surface area contributed by atoms with Crippen molar-refractivity contribution >= 4 is 12.3 Å². The quantitative estimate of drug-likeness (QED) is 0.439. The van der Waals surface area contributed by atoms with Gasteiger partial charge in [0.2, 0.25) is 0 Å². The standard InChI is InChI=1S/C12H13FO3/c1-2-3-7-11(15)16-12-9(8-14)5-4-6-10(12)13/h4-6,8H,2-3,7H2,1H3. The number of aldehydes is 1. The molecule has 0 fully saturated rings. The van der Waals surface area contributed by atoms with Gasteiger partial charge >= 0.3 is 5.97 Å². The normalized spacial score (nSPS) is 9.88. The van der Waals surface area contributed by atoms with Crippen LogP contribution in [0, 0.1) is 5.82 Å². The van der Waals surface area contributed by atoms with Crippen LogP contribution in [-0.4, -0.2) is 12.3 Å². The van der Waals surface area contributed by atoms with Crippen molar-refractivity contribution in [1.29, 1.82) is 0 Å². The molecule has 0 aliphatic carbocycles. The Morgan fingerprint density at radius 3 is 2.88 bits per heavy atom. The fraction of sp³-hybridized carbons (Fsp3) is 0.333. The molecule has 0 radical (unpaired) electrons. The van der Waals surface area contributed by atoms with Crippen LogP contribution in [0.25, 0.3) is 0 Å². The Kier molecular flexibility index (Phi) is 4.64. The van der Waals surface area contributed by atoms with E-state index in [2.05, 4.69) is 0 Å². The highest BCUT2D eigenvalue weighted by Crippen LogP contribution is 2.21. The van der Waals surface area contributed by atoms with E-state index >= 15 is 0 Å². The molecule has 0 unspecified atom stereocenters. The van der Waals surface area contributed by atoms with Gasteiger partial charge < -0.3 is 4.74 Å². The van der Waals surface area contributed by atoms with E-state index in [9.17, 15) is 14.0 Å². The molecule has 0 amide bonds. The molecule has 0 heterocycles. The second kappa shape index (κ2) is 6.00. The lowest BCUT2D eigenvalue weighted by Gasteiger charge is -2.06. The Labute approximate surface area is 93.2 Å². The van der Waals surface area contributed by atoms with Gasteiger partial charge in [-0.2, -0.15) is 0 Å². The molecule has 4 heteroatoms. The predicted molar refractivity (Wildman–Crippen MR) is 56.9 cm³/mol. The molecular formula is C12H13FO3. The maximum absolute atomic E-state index is 13.3. The number of carbonyl (C=O) groups excluding carboxylic acids is 2. The van der Waals surface area contributed by atoms with Crippen LogP contribution in [0.2, 0.25) is 0 Å². The lowest BCUT2D eigenvalue weighted by atomic mass is 10.2. The molecule has 0 aliphatic heterocycles.